The van der Waals surface area contributed by atoms with Crippen LogP contribution in [0.15, 0.2) is 22.6 Å². The van der Waals surface area contributed by atoms with Gasteiger partial charge in [-0.3, -0.25) is 4.79 Å². The van der Waals surface area contributed by atoms with Crippen LogP contribution in [0.1, 0.15) is 37.6 Å². The molecule has 0 aliphatic rings. The highest BCUT2D eigenvalue weighted by Crippen LogP contribution is 2.17. The number of carbonyl (C=O) groups excluding carboxylic acids is 1. The number of methoxy groups -OCH3 is 1. The number of carbonyl (C=O) groups is 1. The number of aromatic amines is 1. The largest absolute Gasteiger partial charge is 0.429 e. The summed E-state index contributed by atoms with van der Waals surface area (Å²) in [5.74, 6) is -0.140. The molecule has 6 heteroatoms. The Morgan fingerprint density at radius 1 is 1.52 bits per heavy atom. The van der Waals surface area contributed by atoms with Crippen LogP contribution in [0.2, 0.25) is 0 Å². The van der Waals surface area contributed by atoms with Gasteiger partial charge in [-0.15, -0.1) is 0 Å². The van der Waals surface area contributed by atoms with Gasteiger partial charge in [-0.1, -0.05) is 0 Å². The maximum Gasteiger partial charge on any atom is 0.266 e. The molecular weight excluding hydrogens is 288 g/mol. The van der Waals surface area contributed by atoms with E-state index in [1.165, 1.54) is 0 Å². The predicted octanol–water partition coefficient (Wildman–Crippen LogP) is 3.42. The van der Waals surface area contributed by atoms with Crippen LogP contribution in [-0.2, 0) is 4.74 Å². The lowest BCUT2D eigenvalue weighted by atomic mass is 9.99. The van der Waals surface area contributed by atoms with Crippen molar-refractivity contribution in [2.45, 2.75) is 38.8 Å². The first-order valence-electron chi connectivity index (χ1n) is 6.79. The zero-order chi connectivity index (χ0) is 15.6. The minimum atomic E-state index is -0.274. The molecule has 1 amide bonds. The van der Waals surface area contributed by atoms with E-state index in [2.05, 4.69) is 10.3 Å². The summed E-state index contributed by atoms with van der Waals surface area (Å²) in [6.07, 6.45) is 0.725. The Bertz CT molecular complexity index is 702. The molecule has 2 N–H and O–H groups in total. The van der Waals surface area contributed by atoms with E-state index in [4.69, 9.17) is 21.4 Å². The lowest BCUT2D eigenvalue weighted by Crippen LogP contribution is -2.38. The summed E-state index contributed by atoms with van der Waals surface area (Å²) in [7, 11) is 1.67. The zero-order valence-corrected chi connectivity index (χ0v) is 13.5. The summed E-state index contributed by atoms with van der Waals surface area (Å²) in [5, 5.41) is 2.96. The van der Waals surface area contributed by atoms with E-state index in [0.717, 1.165) is 11.9 Å². The Balaban J connectivity index is 2.09. The number of amides is 1. The molecule has 1 aromatic carbocycles. The maximum absolute atomic E-state index is 12.2. The van der Waals surface area contributed by atoms with Crippen LogP contribution < -0.4 is 5.32 Å². The van der Waals surface area contributed by atoms with Gasteiger partial charge in [0.05, 0.1) is 11.1 Å². The van der Waals surface area contributed by atoms with Crippen LogP contribution in [0, 0.1) is 4.84 Å². The molecule has 0 saturated carbocycles. The fourth-order valence-electron chi connectivity index (χ4n) is 2.27. The van der Waals surface area contributed by atoms with Crippen molar-refractivity contribution >= 4 is 29.2 Å². The lowest BCUT2D eigenvalue weighted by Gasteiger charge is -2.27. The van der Waals surface area contributed by atoms with Crippen molar-refractivity contribution in [3.63, 3.8) is 0 Å². The molecule has 0 bridgehead atoms. The van der Waals surface area contributed by atoms with Gasteiger partial charge >= 0.3 is 0 Å². The molecule has 114 valence electrons. The summed E-state index contributed by atoms with van der Waals surface area (Å²) in [5.41, 5.74) is 1.63. The molecule has 0 fully saturated rings. The van der Waals surface area contributed by atoms with Gasteiger partial charge in [-0.25, -0.2) is 0 Å². The minimum Gasteiger partial charge on any atom is -0.429 e. The lowest BCUT2D eigenvalue weighted by molar-refractivity contribution is 0.00885. The quantitative estimate of drug-likeness (QED) is 0.831. The van der Waals surface area contributed by atoms with Crippen LogP contribution in [0.4, 0.5) is 0 Å². The fourth-order valence-corrected chi connectivity index (χ4v) is 2.47. The van der Waals surface area contributed by atoms with Crippen LogP contribution >= 0.6 is 12.2 Å². The van der Waals surface area contributed by atoms with Crippen molar-refractivity contribution in [2.24, 2.45) is 0 Å². The standard InChI is InChI=1S/C15H20N2O3S/c1-9(8-15(2,3)19-4)16-13(18)10-5-6-11-12(7-10)20-14(21)17-11/h5-7,9H,8H2,1-4H3,(H,16,18)(H,17,21). The number of H-pyrrole nitrogens is 1. The van der Waals surface area contributed by atoms with Gasteiger partial charge in [0.1, 0.15) is 0 Å². The molecule has 1 heterocycles. The van der Waals surface area contributed by atoms with Crippen molar-refractivity contribution in [3.8, 4) is 0 Å². The monoisotopic (exact) mass is 308 g/mol. The van der Waals surface area contributed by atoms with Crippen molar-refractivity contribution in [1.82, 2.24) is 10.3 Å². The Labute approximate surface area is 128 Å². The van der Waals surface area contributed by atoms with E-state index >= 15 is 0 Å². The maximum atomic E-state index is 12.2. The number of aromatic nitrogens is 1. The average molecular weight is 308 g/mol. The molecule has 5 nitrogen and oxygen atoms in total. The van der Waals surface area contributed by atoms with E-state index < -0.39 is 0 Å². The number of fused-ring (bicyclic) bond motifs is 1. The number of oxazole rings is 1. The van der Waals surface area contributed by atoms with Gasteiger partial charge in [-0.05, 0) is 57.6 Å². The zero-order valence-electron chi connectivity index (χ0n) is 12.6. The van der Waals surface area contributed by atoms with E-state index in [9.17, 15) is 4.79 Å². The number of nitrogens with one attached hydrogen (secondary N) is 2. The van der Waals surface area contributed by atoms with E-state index in [-0.39, 0.29) is 17.6 Å². The molecule has 1 unspecified atom stereocenters. The number of hydrogen-bond acceptors (Lipinski definition) is 4. The van der Waals surface area contributed by atoms with Gasteiger partial charge in [0.15, 0.2) is 5.58 Å². The molecule has 0 spiro atoms. The Morgan fingerprint density at radius 3 is 2.90 bits per heavy atom. The van der Waals surface area contributed by atoms with E-state index in [0.29, 0.717) is 16.0 Å². The molecule has 21 heavy (non-hydrogen) atoms. The summed E-state index contributed by atoms with van der Waals surface area (Å²) < 4.78 is 10.7. The molecule has 1 atom stereocenters. The molecule has 0 aliphatic carbocycles. The minimum absolute atomic E-state index is 0.000763. The Kier molecular flexibility index (Phi) is 4.49. The van der Waals surface area contributed by atoms with Gasteiger partial charge in [0.2, 0.25) is 0 Å². The highest BCUT2D eigenvalue weighted by molar-refractivity contribution is 7.71. The van der Waals surface area contributed by atoms with Crippen LogP contribution in [0.5, 0.6) is 0 Å². The topological polar surface area (TPSA) is 67.3 Å². The number of rotatable bonds is 5. The summed E-state index contributed by atoms with van der Waals surface area (Å²) >= 11 is 4.93. The van der Waals surface area contributed by atoms with Crippen LogP contribution in [0.3, 0.4) is 0 Å². The summed E-state index contributed by atoms with van der Waals surface area (Å²) in [6, 6.07) is 5.21. The number of ether oxygens (including phenoxy) is 1. The van der Waals surface area contributed by atoms with Crippen molar-refractivity contribution in [1.29, 1.82) is 0 Å². The molecular formula is C15H20N2O3S. The first-order chi connectivity index (χ1) is 9.80. The summed E-state index contributed by atoms with van der Waals surface area (Å²) in [6.45, 7) is 5.94. The third kappa shape index (κ3) is 3.92. The van der Waals surface area contributed by atoms with Crippen molar-refractivity contribution in [3.05, 3.63) is 28.6 Å². The number of benzene rings is 1. The second kappa shape index (κ2) is 5.99. The van der Waals surface area contributed by atoms with E-state index in [1.807, 2.05) is 20.8 Å². The van der Waals surface area contributed by atoms with Crippen molar-refractivity contribution in [2.75, 3.05) is 7.11 Å². The molecule has 0 radical (unpaired) electrons. The third-order valence-corrected chi connectivity index (χ3v) is 3.60. The van der Waals surface area contributed by atoms with Gasteiger partial charge in [-0.2, -0.15) is 0 Å². The second-order valence-corrected chi connectivity index (χ2v) is 6.14. The Morgan fingerprint density at radius 2 is 2.24 bits per heavy atom. The van der Waals surface area contributed by atoms with Gasteiger partial charge < -0.3 is 19.5 Å². The molecule has 0 saturated heterocycles. The van der Waals surface area contributed by atoms with Gasteiger partial charge in [0.25, 0.3) is 10.7 Å². The normalized spacial score (nSPS) is 13.3. The molecule has 1 aromatic heterocycles. The number of hydrogen-bond donors (Lipinski definition) is 2. The van der Waals surface area contributed by atoms with E-state index in [1.54, 1.807) is 25.3 Å². The van der Waals surface area contributed by atoms with Gasteiger partial charge in [0, 0.05) is 18.7 Å². The first-order valence-corrected chi connectivity index (χ1v) is 7.20. The molecule has 2 aromatic rings. The highest BCUT2D eigenvalue weighted by Gasteiger charge is 2.21. The first kappa shape index (κ1) is 15.7. The highest BCUT2D eigenvalue weighted by atomic mass is 32.1. The summed E-state index contributed by atoms with van der Waals surface area (Å²) in [4.78, 5) is 15.5. The Hall–Kier alpha value is -1.66. The van der Waals surface area contributed by atoms with Crippen LogP contribution in [-0.4, -0.2) is 29.6 Å². The molecule has 2 rings (SSSR count). The second-order valence-electron chi connectivity index (χ2n) is 5.77. The predicted molar refractivity (Wildman–Crippen MR) is 84.0 cm³/mol. The fraction of sp³-hybridized carbons (Fsp3) is 0.467. The SMILES string of the molecule is COC(C)(C)CC(C)NC(=O)c1ccc2[nH]c(=S)oc2c1. The average Bonchev–Trinajstić information content (AvgIpc) is 2.76. The smallest absolute Gasteiger partial charge is 0.266 e. The van der Waals surface area contributed by atoms with Crippen LogP contribution in [0.25, 0.3) is 11.1 Å². The third-order valence-electron chi connectivity index (χ3n) is 3.41. The van der Waals surface area contributed by atoms with Crippen molar-refractivity contribution < 1.29 is 13.9 Å². The molecule has 0 aliphatic heterocycles.